The molecule has 2 unspecified atom stereocenters. The molecule has 1 aromatic carbocycles. The number of halogens is 2. The summed E-state index contributed by atoms with van der Waals surface area (Å²) in [4.78, 5) is 14.7. The zero-order chi connectivity index (χ0) is 16.4. The Balaban J connectivity index is 1.54. The van der Waals surface area contributed by atoms with Crippen LogP contribution in [0.1, 0.15) is 37.7 Å². The molecule has 1 heterocycles. The number of hydrogen-bond acceptors (Lipinski definition) is 2. The minimum atomic E-state index is 0.0938. The third kappa shape index (κ3) is 3.84. The monoisotopic (exact) mass is 354 g/mol. The van der Waals surface area contributed by atoms with Crippen molar-refractivity contribution in [2.24, 2.45) is 11.8 Å². The number of benzene rings is 1. The van der Waals surface area contributed by atoms with Crippen molar-refractivity contribution < 1.29 is 4.79 Å². The van der Waals surface area contributed by atoms with Gasteiger partial charge in [-0.3, -0.25) is 4.79 Å². The lowest BCUT2D eigenvalue weighted by Gasteiger charge is -2.32. The highest BCUT2D eigenvalue weighted by Gasteiger charge is 2.47. The van der Waals surface area contributed by atoms with E-state index in [2.05, 4.69) is 12.2 Å². The van der Waals surface area contributed by atoms with Crippen molar-refractivity contribution in [1.82, 2.24) is 10.2 Å². The van der Waals surface area contributed by atoms with Crippen molar-refractivity contribution in [2.75, 3.05) is 26.2 Å². The fraction of sp³-hybridized carbons (Fsp3) is 0.611. The first kappa shape index (κ1) is 17.1. The second-order valence-electron chi connectivity index (χ2n) is 6.67. The summed E-state index contributed by atoms with van der Waals surface area (Å²) < 4.78 is 0. The molecule has 5 heteroatoms. The molecule has 3 rings (SSSR count). The van der Waals surface area contributed by atoms with Gasteiger partial charge in [-0.2, -0.15) is 0 Å². The summed E-state index contributed by atoms with van der Waals surface area (Å²) in [7, 11) is 0. The number of carbonyl (C=O) groups excluding carboxylic acids is 1. The lowest BCUT2D eigenvalue weighted by Crippen LogP contribution is -2.41. The number of piperidine rings is 1. The smallest absolute Gasteiger partial charge is 0.226 e. The standard InChI is InChI=1S/C18H24Cl2N2O/c1-2-21-11-12-6-8-22(9-7-12)18(23)15-10-14(15)13-4-3-5-16(19)17(13)20/h3-5,12,14-15,21H,2,6-11H2,1H3. The summed E-state index contributed by atoms with van der Waals surface area (Å²) >= 11 is 12.4. The van der Waals surface area contributed by atoms with Crippen LogP contribution in [-0.4, -0.2) is 37.0 Å². The summed E-state index contributed by atoms with van der Waals surface area (Å²) in [5.74, 6) is 1.34. The Bertz CT molecular complexity index is 570. The van der Waals surface area contributed by atoms with Crippen LogP contribution in [0, 0.1) is 11.8 Å². The van der Waals surface area contributed by atoms with E-state index in [1.807, 2.05) is 17.0 Å². The normalized spacial score (nSPS) is 24.7. The maximum Gasteiger partial charge on any atom is 0.226 e. The number of nitrogens with zero attached hydrogens (tertiary/aromatic N) is 1. The number of carbonyl (C=O) groups is 1. The molecule has 1 aromatic rings. The number of nitrogens with one attached hydrogen (secondary N) is 1. The number of rotatable bonds is 5. The minimum Gasteiger partial charge on any atom is -0.342 e. The Hall–Kier alpha value is -0.770. The molecular weight excluding hydrogens is 331 g/mol. The van der Waals surface area contributed by atoms with Gasteiger partial charge in [-0.25, -0.2) is 0 Å². The van der Waals surface area contributed by atoms with E-state index in [0.717, 1.165) is 51.0 Å². The van der Waals surface area contributed by atoms with Crippen LogP contribution in [0.25, 0.3) is 0 Å². The van der Waals surface area contributed by atoms with Gasteiger partial charge >= 0.3 is 0 Å². The van der Waals surface area contributed by atoms with Crippen molar-refractivity contribution in [3.63, 3.8) is 0 Å². The summed E-state index contributed by atoms with van der Waals surface area (Å²) in [5, 5.41) is 4.59. The maximum atomic E-state index is 12.7. The average Bonchev–Trinajstić information content (AvgIpc) is 3.36. The minimum absolute atomic E-state index is 0.0938. The van der Waals surface area contributed by atoms with Gasteiger partial charge in [0.2, 0.25) is 5.91 Å². The van der Waals surface area contributed by atoms with Crippen molar-refractivity contribution in [2.45, 2.75) is 32.1 Å². The van der Waals surface area contributed by atoms with E-state index in [9.17, 15) is 4.79 Å². The van der Waals surface area contributed by atoms with Gasteiger partial charge in [0.15, 0.2) is 0 Å². The molecule has 2 atom stereocenters. The van der Waals surface area contributed by atoms with Crippen LogP contribution in [0.15, 0.2) is 18.2 Å². The number of likely N-dealkylation sites (tertiary alicyclic amines) is 1. The van der Waals surface area contributed by atoms with Gasteiger partial charge < -0.3 is 10.2 Å². The van der Waals surface area contributed by atoms with E-state index >= 15 is 0 Å². The van der Waals surface area contributed by atoms with Crippen molar-refractivity contribution in [3.8, 4) is 0 Å². The Morgan fingerprint density at radius 1 is 1.30 bits per heavy atom. The van der Waals surface area contributed by atoms with Gasteiger partial charge in [0, 0.05) is 19.0 Å². The van der Waals surface area contributed by atoms with Crippen molar-refractivity contribution >= 4 is 29.1 Å². The molecule has 23 heavy (non-hydrogen) atoms. The molecule has 3 nitrogen and oxygen atoms in total. The maximum absolute atomic E-state index is 12.7. The fourth-order valence-corrected chi connectivity index (χ4v) is 4.01. The van der Waals surface area contributed by atoms with E-state index < -0.39 is 0 Å². The molecule has 0 bridgehead atoms. The third-order valence-corrected chi connectivity index (χ3v) is 5.93. The first-order valence-electron chi connectivity index (χ1n) is 8.55. The molecule has 0 spiro atoms. The molecular formula is C18H24Cl2N2O. The van der Waals surface area contributed by atoms with Crippen LogP contribution < -0.4 is 5.32 Å². The Kier molecular flexibility index (Phi) is 5.50. The molecule has 0 radical (unpaired) electrons. The SMILES string of the molecule is CCNCC1CCN(C(=O)C2CC2c2cccc(Cl)c2Cl)CC1. The van der Waals surface area contributed by atoms with Crippen molar-refractivity contribution in [3.05, 3.63) is 33.8 Å². The van der Waals surface area contributed by atoms with Crippen LogP contribution >= 0.6 is 23.2 Å². The molecule has 126 valence electrons. The summed E-state index contributed by atoms with van der Waals surface area (Å²) in [5.41, 5.74) is 1.03. The van der Waals surface area contributed by atoms with E-state index in [0.29, 0.717) is 21.9 Å². The predicted octanol–water partition coefficient (Wildman–Crippen LogP) is 3.95. The first-order valence-corrected chi connectivity index (χ1v) is 9.30. The summed E-state index contributed by atoms with van der Waals surface area (Å²) in [6.07, 6.45) is 3.11. The molecule has 1 N–H and O–H groups in total. The Morgan fingerprint density at radius 2 is 2.04 bits per heavy atom. The third-order valence-electron chi connectivity index (χ3n) is 5.10. The van der Waals surface area contributed by atoms with E-state index in [1.54, 1.807) is 6.07 Å². The van der Waals surface area contributed by atoms with Gasteiger partial charge in [-0.1, -0.05) is 42.3 Å². The molecule has 1 saturated carbocycles. The number of hydrogen-bond donors (Lipinski definition) is 1. The molecule has 2 aliphatic rings. The van der Waals surface area contributed by atoms with E-state index in [1.165, 1.54) is 0 Å². The zero-order valence-corrected chi connectivity index (χ0v) is 15.0. The van der Waals surface area contributed by atoms with Gasteiger partial charge in [-0.05, 0) is 55.8 Å². The average molecular weight is 355 g/mol. The Labute approximate surface area is 148 Å². The largest absolute Gasteiger partial charge is 0.342 e. The molecule has 1 aliphatic carbocycles. The molecule has 2 fully saturated rings. The van der Waals surface area contributed by atoms with Crippen LogP contribution in [-0.2, 0) is 4.79 Å². The van der Waals surface area contributed by atoms with Gasteiger partial charge in [0.05, 0.1) is 10.0 Å². The van der Waals surface area contributed by atoms with E-state index in [4.69, 9.17) is 23.2 Å². The molecule has 1 saturated heterocycles. The number of amides is 1. The fourth-order valence-electron chi connectivity index (χ4n) is 3.56. The van der Waals surface area contributed by atoms with E-state index in [-0.39, 0.29) is 11.8 Å². The highest BCUT2D eigenvalue weighted by molar-refractivity contribution is 6.42. The molecule has 1 amide bonds. The molecule has 1 aliphatic heterocycles. The topological polar surface area (TPSA) is 32.3 Å². The van der Waals surface area contributed by atoms with Crippen LogP contribution in [0.5, 0.6) is 0 Å². The second-order valence-corrected chi connectivity index (χ2v) is 7.45. The lowest BCUT2D eigenvalue weighted by atomic mass is 9.96. The highest BCUT2D eigenvalue weighted by Crippen LogP contribution is 2.51. The van der Waals surface area contributed by atoms with Gasteiger partial charge in [-0.15, -0.1) is 0 Å². The van der Waals surface area contributed by atoms with Gasteiger partial charge in [0.25, 0.3) is 0 Å². The molecule has 0 aromatic heterocycles. The summed E-state index contributed by atoms with van der Waals surface area (Å²) in [6, 6.07) is 5.70. The van der Waals surface area contributed by atoms with Crippen LogP contribution in [0.4, 0.5) is 0 Å². The Morgan fingerprint density at radius 3 is 2.74 bits per heavy atom. The lowest BCUT2D eigenvalue weighted by molar-refractivity contribution is -0.134. The zero-order valence-electron chi connectivity index (χ0n) is 13.5. The van der Waals surface area contributed by atoms with Crippen LogP contribution in [0.3, 0.4) is 0 Å². The van der Waals surface area contributed by atoms with Crippen LogP contribution in [0.2, 0.25) is 10.0 Å². The summed E-state index contributed by atoms with van der Waals surface area (Å²) in [6.45, 7) is 6.00. The van der Waals surface area contributed by atoms with Gasteiger partial charge in [0.1, 0.15) is 0 Å². The first-order chi connectivity index (χ1) is 11.1. The predicted molar refractivity (Wildman–Crippen MR) is 95.2 cm³/mol. The van der Waals surface area contributed by atoms with Crippen molar-refractivity contribution in [1.29, 1.82) is 0 Å². The second kappa shape index (κ2) is 7.42. The quantitative estimate of drug-likeness (QED) is 0.868. The highest BCUT2D eigenvalue weighted by atomic mass is 35.5.